The van der Waals surface area contributed by atoms with E-state index in [4.69, 9.17) is 5.73 Å². The maximum Gasteiger partial charge on any atom is 0.255 e. The van der Waals surface area contributed by atoms with Gasteiger partial charge in [0.05, 0.1) is 23.1 Å². The van der Waals surface area contributed by atoms with Crippen molar-refractivity contribution < 1.29 is 9.90 Å². The molecule has 2 rings (SSSR count). The van der Waals surface area contributed by atoms with E-state index in [-0.39, 0.29) is 11.7 Å². The van der Waals surface area contributed by atoms with Gasteiger partial charge in [-0.2, -0.15) is 0 Å². The Bertz CT molecular complexity index is 624. The number of aromatic hydroxyl groups is 1. The van der Waals surface area contributed by atoms with Crippen LogP contribution in [0.5, 0.6) is 5.75 Å². The first-order valence-electron chi connectivity index (χ1n) is 6.23. The van der Waals surface area contributed by atoms with E-state index < -0.39 is 0 Å². The van der Waals surface area contributed by atoms with E-state index in [2.05, 4.69) is 4.98 Å². The number of rotatable bonds is 3. The summed E-state index contributed by atoms with van der Waals surface area (Å²) in [5.41, 5.74) is 8.24. The average Bonchev–Trinajstić information content (AvgIpc) is 2.43. The number of nitrogens with zero attached hydrogens (tertiary/aromatic N) is 2. The van der Waals surface area contributed by atoms with E-state index >= 15 is 0 Å². The smallest absolute Gasteiger partial charge is 0.255 e. The van der Waals surface area contributed by atoms with Gasteiger partial charge in [-0.1, -0.05) is 12.1 Å². The number of aromatic nitrogens is 1. The van der Waals surface area contributed by atoms with Crippen molar-refractivity contribution in [2.24, 2.45) is 0 Å². The molecule has 3 N–H and O–H groups in total. The Morgan fingerprint density at radius 2 is 2.00 bits per heavy atom. The van der Waals surface area contributed by atoms with Crippen LogP contribution in [0.3, 0.4) is 0 Å². The Kier molecular flexibility index (Phi) is 3.89. The molecule has 0 aliphatic carbocycles. The van der Waals surface area contributed by atoms with Gasteiger partial charge in [0.2, 0.25) is 0 Å². The molecular formula is C15H17N3O2. The van der Waals surface area contributed by atoms with Crippen molar-refractivity contribution in [3.63, 3.8) is 0 Å². The minimum Gasteiger partial charge on any atom is -0.508 e. The van der Waals surface area contributed by atoms with Crippen molar-refractivity contribution in [1.82, 2.24) is 9.88 Å². The molecule has 0 aliphatic heterocycles. The van der Waals surface area contributed by atoms with Gasteiger partial charge < -0.3 is 15.7 Å². The molecule has 0 saturated carbocycles. The van der Waals surface area contributed by atoms with Crippen LogP contribution in [0.4, 0.5) is 5.69 Å². The Morgan fingerprint density at radius 1 is 1.35 bits per heavy atom. The lowest BCUT2D eigenvalue weighted by molar-refractivity contribution is 0.0784. The summed E-state index contributed by atoms with van der Waals surface area (Å²) in [6.07, 6.45) is 1.53. The predicted octanol–water partition coefficient (Wildman–Crippen LogP) is 1.95. The molecule has 5 nitrogen and oxygen atoms in total. The first-order chi connectivity index (χ1) is 9.47. The number of anilines is 1. The van der Waals surface area contributed by atoms with Crippen molar-refractivity contribution >= 4 is 11.6 Å². The summed E-state index contributed by atoms with van der Waals surface area (Å²) >= 11 is 0. The fourth-order valence-corrected chi connectivity index (χ4v) is 1.92. The largest absolute Gasteiger partial charge is 0.508 e. The Balaban J connectivity index is 2.16. The Hall–Kier alpha value is -2.56. The van der Waals surface area contributed by atoms with Gasteiger partial charge in [0.25, 0.3) is 5.91 Å². The lowest BCUT2D eigenvalue weighted by atomic mass is 10.1. The molecule has 0 fully saturated rings. The maximum absolute atomic E-state index is 12.4. The third-order valence-electron chi connectivity index (χ3n) is 3.04. The highest BCUT2D eigenvalue weighted by Crippen LogP contribution is 2.15. The molecule has 104 valence electrons. The zero-order valence-corrected chi connectivity index (χ0v) is 11.5. The van der Waals surface area contributed by atoms with Crippen molar-refractivity contribution in [2.75, 3.05) is 12.8 Å². The van der Waals surface area contributed by atoms with E-state index in [1.165, 1.54) is 6.20 Å². The summed E-state index contributed by atoms with van der Waals surface area (Å²) in [5, 5.41) is 9.24. The van der Waals surface area contributed by atoms with E-state index in [0.29, 0.717) is 23.5 Å². The molecule has 1 amide bonds. The number of phenolic OH excluding ortho intramolecular Hbond substituents is 1. The number of nitrogen functional groups attached to an aromatic ring is 1. The second-order valence-electron chi connectivity index (χ2n) is 4.73. The minimum absolute atomic E-state index is 0.129. The van der Waals surface area contributed by atoms with Crippen LogP contribution < -0.4 is 5.73 Å². The van der Waals surface area contributed by atoms with Gasteiger partial charge in [-0.25, -0.2) is 0 Å². The number of nitrogens with two attached hydrogens (primary N) is 1. The highest BCUT2D eigenvalue weighted by molar-refractivity contribution is 5.95. The molecule has 20 heavy (non-hydrogen) atoms. The van der Waals surface area contributed by atoms with Gasteiger partial charge in [-0.3, -0.25) is 9.78 Å². The first-order valence-corrected chi connectivity index (χ1v) is 6.23. The zero-order valence-electron chi connectivity index (χ0n) is 11.5. The highest BCUT2D eigenvalue weighted by atomic mass is 16.3. The Morgan fingerprint density at radius 3 is 2.65 bits per heavy atom. The number of hydrogen-bond acceptors (Lipinski definition) is 4. The van der Waals surface area contributed by atoms with Crippen LogP contribution >= 0.6 is 0 Å². The summed E-state index contributed by atoms with van der Waals surface area (Å²) in [4.78, 5) is 18.1. The van der Waals surface area contributed by atoms with Crippen LogP contribution in [-0.4, -0.2) is 27.9 Å². The molecule has 0 spiro atoms. The second-order valence-corrected chi connectivity index (χ2v) is 4.73. The number of hydrogen-bond donors (Lipinski definition) is 2. The molecule has 0 radical (unpaired) electrons. The fourth-order valence-electron chi connectivity index (χ4n) is 1.92. The van der Waals surface area contributed by atoms with Gasteiger partial charge in [0.15, 0.2) is 0 Å². The molecule has 5 heteroatoms. The van der Waals surface area contributed by atoms with Gasteiger partial charge in [-0.05, 0) is 30.7 Å². The Labute approximate surface area is 117 Å². The summed E-state index contributed by atoms with van der Waals surface area (Å²) in [7, 11) is 1.72. The fraction of sp³-hybridized carbons (Fsp3) is 0.200. The average molecular weight is 271 g/mol. The monoisotopic (exact) mass is 271 g/mol. The summed E-state index contributed by atoms with van der Waals surface area (Å²) in [6.45, 7) is 2.23. The van der Waals surface area contributed by atoms with Crippen LogP contribution in [0.15, 0.2) is 36.5 Å². The van der Waals surface area contributed by atoms with Gasteiger partial charge >= 0.3 is 0 Å². The number of carbonyl (C=O) groups is 1. The van der Waals surface area contributed by atoms with Crippen molar-refractivity contribution in [1.29, 1.82) is 0 Å². The summed E-state index contributed by atoms with van der Waals surface area (Å²) < 4.78 is 0. The second kappa shape index (κ2) is 5.61. The van der Waals surface area contributed by atoms with Crippen molar-refractivity contribution in [3.8, 4) is 5.75 Å². The van der Waals surface area contributed by atoms with Gasteiger partial charge in [0, 0.05) is 13.6 Å². The highest BCUT2D eigenvalue weighted by Gasteiger charge is 2.15. The van der Waals surface area contributed by atoms with Crippen molar-refractivity contribution in [2.45, 2.75) is 13.5 Å². The van der Waals surface area contributed by atoms with Crippen LogP contribution in [0.1, 0.15) is 21.6 Å². The normalized spacial score (nSPS) is 10.3. The number of pyridine rings is 1. The quantitative estimate of drug-likeness (QED) is 0.894. The van der Waals surface area contributed by atoms with Crippen LogP contribution in [-0.2, 0) is 6.54 Å². The number of phenols is 1. The SMILES string of the molecule is Cc1ncc(N)cc1C(=O)N(C)Cc1ccc(O)cc1. The van der Waals surface area contributed by atoms with E-state index in [1.54, 1.807) is 49.2 Å². The molecule has 1 heterocycles. The summed E-state index contributed by atoms with van der Waals surface area (Å²) in [6, 6.07) is 8.40. The zero-order chi connectivity index (χ0) is 14.7. The molecular weight excluding hydrogens is 254 g/mol. The lowest BCUT2D eigenvalue weighted by Gasteiger charge is -2.18. The van der Waals surface area contributed by atoms with Gasteiger partial charge in [0.1, 0.15) is 5.75 Å². The van der Waals surface area contributed by atoms with E-state index in [9.17, 15) is 9.90 Å². The predicted molar refractivity (Wildman–Crippen MR) is 77.3 cm³/mol. The van der Waals surface area contributed by atoms with Crippen molar-refractivity contribution in [3.05, 3.63) is 53.3 Å². The number of aryl methyl sites for hydroxylation is 1. The van der Waals surface area contributed by atoms with Crippen LogP contribution in [0, 0.1) is 6.92 Å². The van der Waals surface area contributed by atoms with E-state index in [0.717, 1.165) is 5.56 Å². The number of carbonyl (C=O) groups excluding carboxylic acids is 1. The molecule has 0 unspecified atom stereocenters. The topological polar surface area (TPSA) is 79.5 Å². The molecule has 0 bridgehead atoms. The number of benzene rings is 1. The molecule has 2 aromatic rings. The lowest BCUT2D eigenvalue weighted by Crippen LogP contribution is -2.27. The third-order valence-corrected chi connectivity index (χ3v) is 3.04. The third kappa shape index (κ3) is 3.06. The maximum atomic E-state index is 12.4. The van der Waals surface area contributed by atoms with Crippen LogP contribution in [0.25, 0.3) is 0 Å². The molecule has 0 saturated heterocycles. The molecule has 0 aliphatic rings. The number of amides is 1. The minimum atomic E-state index is -0.129. The van der Waals surface area contributed by atoms with Gasteiger partial charge in [-0.15, -0.1) is 0 Å². The molecule has 0 atom stereocenters. The first kappa shape index (κ1) is 13.9. The molecule has 1 aromatic carbocycles. The summed E-state index contributed by atoms with van der Waals surface area (Å²) in [5.74, 6) is 0.0778. The van der Waals surface area contributed by atoms with Crippen LogP contribution in [0.2, 0.25) is 0 Å². The van der Waals surface area contributed by atoms with E-state index in [1.807, 2.05) is 0 Å². The standard InChI is InChI=1S/C15H17N3O2/c1-10-14(7-12(16)8-17-10)15(20)18(2)9-11-3-5-13(19)6-4-11/h3-8,19H,9,16H2,1-2H3. The molecule has 1 aromatic heterocycles.